The largest absolute Gasteiger partial charge is 0.600 e. The average Bonchev–Trinajstić information content (AvgIpc) is 1.94. The molecule has 0 aromatic rings. The Morgan fingerprint density at radius 2 is 2.12 bits per heavy atom. The Labute approximate surface area is 48.8 Å². The van der Waals surface area contributed by atoms with Crippen molar-refractivity contribution < 1.29 is 10.1 Å². The number of rotatable bonds is 0. The molecule has 1 rings (SSSR count). The van der Waals surface area contributed by atoms with Crippen molar-refractivity contribution in [3.05, 3.63) is 5.21 Å². The van der Waals surface area contributed by atoms with Gasteiger partial charge in [-0.25, -0.2) is 10.1 Å². The van der Waals surface area contributed by atoms with E-state index >= 15 is 0 Å². The molecule has 0 bridgehead atoms. The van der Waals surface area contributed by atoms with Crippen molar-refractivity contribution in [2.45, 2.75) is 19.3 Å². The lowest BCUT2D eigenvalue weighted by Crippen LogP contribution is -3.05. The van der Waals surface area contributed by atoms with Gasteiger partial charge < -0.3 is 5.21 Å². The van der Waals surface area contributed by atoms with Crippen molar-refractivity contribution in [2.75, 3.05) is 13.2 Å². The lowest BCUT2D eigenvalue weighted by atomic mass is 10.2. The van der Waals surface area contributed by atoms with Crippen LogP contribution in [0.4, 0.5) is 0 Å². The minimum atomic E-state index is -0.0255. The van der Waals surface area contributed by atoms with Gasteiger partial charge in [-0.2, -0.15) is 0 Å². The van der Waals surface area contributed by atoms with E-state index in [0.717, 1.165) is 19.3 Å². The van der Waals surface area contributed by atoms with Gasteiger partial charge in [0, 0.05) is 0 Å². The van der Waals surface area contributed by atoms with Crippen LogP contribution in [0.15, 0.2) is 0 Å². The lowest BCUT2D eigenvalue weighted by molar-refractivity contribution is -1.05. The van der Waals surface area contributed by atoms with E-state index < -0.39 is 0 Å². The fourth-order valence-electron chi connectivity index (χ4n) is 0.806. The van der Waals surface area contributed by atoms with Crippen LogP contribution in [0.2, 0.25) is 0 Å². The number of hydrogen-bond acceptors (Lipinski definition) is 2. The van der Waals surface area contributed by atoms with Crippen LogP contribution in [0.1, 0.15) is 19.3 Å². The Hall–Kier alpha value is -0.120. The van der Waals surface area contributed by atoms with Crippen molar-refractivity contribution in [3.63, 3.8) is 0 Å². The molecule has 0 spiro atoms. The molecule has 1 unspecified atom stereocenters. The standard InChI is InChI=1S/C5H11NO2/c7-6-4-2-1-3-5-8-6/h6H,1-5H2. The highest BCUT2D eigenvalue weighted by molar-refractivity contribution is 4.39. The molecule has 1 fully saturated rings. The van der Waals surface area contributed by atoms with Crippen LogP contribution in [-0.2, 0) is 4.84 Å². The average molecular weight is 117 g/mol. The third-order valence-electron chi connectivity index (χ3n) is 1.29. The summed E-state index contributed by atoms with van der Waals surface area (Å²) < 4.78 is 0. The van der Waals surface area contributed by atoms with Crippen LogP contribution >= 0.6 is 0 Å². The maximum atomic E-state index is 10.5. The minimum Gasteiger partial charge on any atom is -0.600 e. The molecule has 8 heavy (non-hydrogen) atoms. The van der Waals surface area contributed by atoms with Gasteiger partial charge in [-0.1, -0.05) is 0 Å². The minimum absolute atomic E-state index is 0.0255. The zero-order chi connectivity index (χ0) is 5.82. The van der Waals surface area contributed by atoms with E-state index in [0.29, 0.717) is 13.2 Å². The van der Waals surface area contributed by atoms with Crippen LogP contribution in [0.25, 0.3) is 0 Å². The summed E-state index contributed by atoms with van der Waals surface area (Å²) in [6.07, 6.45) is 3.20. The van der Waals surface area contributed by atoms with Crippen LogP contribution in [0, 0.1) is 5.21 Å². The molecule has 0 aliphatic carbocycles. The highest BCUT2D eigenvalue weighted by Crippen LogP contribution is 1.94. The predicted molar refractivity (Wildman–Crippen MR) is 29.0 cm³/mol. The molecule has 1 aliphatic rings. The number of hydroxylamine groups is 2. The number of quaternary nitrogens is 1. The van der Waals surface area contributed by atoms with Crippen LogP contribution in [-0.4, -0.2) is 13.2 Å². The maximum absolute atomic E-state index is 10.5. The molecule has 0 radical (unpaired) electrons. The van der Waals surface area contributed by atoms with Crippen LogP contribution in [0.5, 0.6) is 0 Å². The first-order valence-electron chi connectivity index (χ1n) is 3.05. The van der Waals surface area contributed by atoms with Crippen molar-refractivity contribution >= 4 is 0 Å². The summed E-state index contributed by atoms with van der Waals surface area (Å²) in [5.41, 5.74) is 0. The van der Waals surface area contributed by atoms with Gasteiger partial charge in [0.1, 0.15) is 13.2 Å². The van der Waals surface area contributed by atoms with Gasteiger partial charge in [-0.05, 0) is 19.3 Å². The Morgan fingerprint density at radius 1 is 1.25 bits per heavy atom. The molecule has 1 heterocycles. The molecule has 0 aromatic carbocycles. The Bertz CT molecular complexity index is 59.4. The molecule has 1 N–H and O–H groups in total. The van der Waals surface area contributed by atoms with Crippen molar-refractivity contribution in [1.29, 1.82) is 0 Å². The monoisotopic (exact) mass is 117 g/mol. The summed E-state index contributed by atoms with van der Waals surface area (Å²) in [6.45, 7) is 1.26. The maximum Gasteiger partial charge on any atom is 0.107 e. The second kappa shape index (κ2) is 3.02. The molecular formula is C5H11NO2. The first kappa shape index (κ1) is 6.01. The summed E-state index contributed by atoms with van der Waals surface area (Å²) in [5.74, 6) is 0. The molecule has 0 saturated carbocycles. The second-order valence-electron chi connectivity index (χ2n) is 2.03. The van der Waals surface area contributed by atoms with Crippen molar-refractivity contribution in [1.82, 2.24) is 0 Å². The Morgan fingerprint density at radius 3 is 3.00 bits per heavy atom. The van der Waals surface area contributed by atoms with Gasteiger partial charge in [0.05, 0.1) is 0 Å². The molecule has 3 nitrogen and oxygen atoms in total. The Kier molecular flexibility index (Phi) is 2.27. The van der Waals surface area contributed by atoms with E-state index in [4.69, 9.17) is 4.84 Å². The molecule has 1 atom stereocenters. The fraction of sp³-hybridized carbons (Fsp3) is 1.00. The molecule has 0 amide bonds. The van der Waals surface area contributed by atoms with Crippen molar-refractivity contribution in [2.24, 2.45) is 0 Å². The summed E-state index contributed by atoms with van der Waals surface area (Å²) in [7, 11) is 0. The molecule has 1 saturated heterocycles. The lowest BCUT2D eigenvalue weighted by Gasteiger charge is -2.15. The van der Waals surface area contributed by atoms with Gasteiger partial charge in [-0.15, -0.1) is 0 Å². The van der Waals surface area contributed by atoms with Gasteiger partial charge in [-0.3, -0.25) is 0 Å². The van der Waals surface area contributed by atoms with Crippen LogP contribution in [0.3, 0.4) is 0 Å². The first-order chi connectivity index (χ1) is 3.89. The third-order valence-corrected chi connectivity index (χ3v) is 1.29. The number of hydrogen-bond donors (Lipinski definition) is 1. The van der Waals surface area contributed by atoms with Gasteiger partial charge in [0.15, 0.2) is 0 Å². The molecule has 1 aliphatic heterocycles. The van der Waals surface area contributed by atoms with E-state index in [1.54, 1.807) is 0 Å². The summed E-state index contributed by atoms with van der Waals surface area (Å²) in [5, 5.41) is 10.4. The van der Waals surface area contributed by atoms with E-state index in [9.17, 15) is 5.21 Å². The third kappa shape index (κ3) is 1.78. The van der Waals surface area contributed by atoms with Gasteiger partial charge >= 0.3 is 0 Å². The molecule has 48 valence electrons. The van der Waals surface area contributed by atoms with Crippen LogP contribution < -0.4 is 5.23 Å². The molecular weight excluding hydrogens is 106 g/mol. The predicted octanol–water partition coefficient (Wildman–Crippen LogP) is -0.515. The van der Waals surface area contributed by atoms with E-state index in [2.05, 4.69) is 0 Å². The second-order valence-corrected chi connectivity index (χ2v) is 2.03. The summed E-state index contributed by atoms with van der Waals surface area (Å²) in [6, 6.07) is 0. The van der Waals surface area contributed by atoms with Gasteiger partial charge in [0.25, 0.3) is 0 Å². The highest BCUT2D eigenvalue weighted by Gasteiger charge is 2.02. The zero-order valence-corrected chi connectivity index (χ0v) is 4.85. The van der Waals surface area contributed by atoms with E-state index in [1.807, 2.05) is 0 Å². The molecule has 3 heteroatoms. The van der Waals surface area contributed by atoms with E-state index in [-0.39, 0.29) is 5.23 Å². The van der Waals surface area contributed by atoms with E-state index in [1.165, 1.54) is 0 Å². The first-order valence-corrected chi connectivity index (χ1v) is 3.05. The molecule has 0 aromatic heterocycles. The SMILES string of the molecule is [O-][NH+]1CCCCCO1. The number of nitrogens with one attached hydrogen (secondary N) is 1. The van der Waals surface area contributed by atoms with Gasteiger partial charge in [0.2, 0.25) is 0 Å². The Balaban J connectivity index is 2.17. The highest BCUT2D eigenvalue weighted by atomic mass is 16.9. The fourth-order valence-corrected chi connectivity index (χ4v) is 0.806. The zero-order valence-electron chi connectivity index (χ0n) is 4.85. The summed E-state index contributed by atoms with van der Waals surface area (Å²) >= 11 is 0. The topological polar surface area (TPSA) is 36.7 Å². The van der Waals surface area contributed by atoms with Crippen molar-refractivity contribution in [3.8, 4) is 0 Å². The smallest absolute Gasteiger partial charge is 0.107 e. The normalized spacial score (nSPS) is 31.9. The summed E-state index contributed by atoms with van der Waals surface area (Å²) in [4.78, 5) is 4.76. The quantitative estimate of drug-likeness (QED) is 0.434.